The molecular formula is C38H68N2S. The fourth-order valence-corrected chi connectivity index (χ4v) is 8.68. The van der Waals surface area contributed by atoms with Crippen LogP contribution in [0.15, 0.2) is 55.1 Å². The second-order valence-corrected chi connectivity index (χ2v) is 15.4. The molecule has 1 aliphatic carbocycles. The van der Waals surface area contributed by atoms with Gasteiger partial charge in [-0.3, -0.25) is 4.31 Å². The topological polar surface area (TPSA) is 6.48 Å². The summed E-state index contributed by atoms with van der Waals surface area (Å²) in [5, 5.41) is 0. The normalized spacial score (nSPS) is 24.5. The summed E-state index contributed by atoms with van der Waals surface area (Å²) in [5.41, 5.74) is 1.32. The maximum Gasteiger partial charge on any atom is 0.0227 e. The summed E-state index contributed by atoms with van der Waals surface area (Å²) in [6, 6.07) is 10.4. The molecule has 0 radical (unpaired) electrons. The molecule has 41 heavy (non-hydrogen) atoms. The number of likely N-dealkylation sites (tertiary alicyclic amines) is 1. The molecule has 2 saturated heterocycles. The largest absolute Gasteiger partial charge is 0.378 e. The highest BCUT2D eigenvalue weighted by Gasteiger charge is 2.41. The molecule has 3 fully saturated rings. The molecule has 2 heterocycles. The van der Waals surface area contributed by atoms with Crippen molar-refractivity contribution in [2.24, 2.45) is 17.8 Å². The standard InChI is InChI=1S/C20H31NS.C9H17N.C7H16.C2H4/c1-5-7-18-8-6-9-20(17-12-13-17)21(18)22(3,4)19-14-10-16(2)11-15-19;1-4-10-6-5-8(2)9(3)7-10;1-3-5-7-6-4-2;1-2/h10-11,14-15,17-18,20H,3-9,12-13H2,1-2H3;4,8-9H,1,5-7H2,2-3H3;3-7H2,1-2H3;1-2H2/t18-,20?;;;/m0.../s1. The van der Waals surface area contributed by atoms with Crippen LogP contribution in [0.4, 0.5) is 0 Å². The van der Waals surface area contributed by atoms with Crippen molar-refractivity contribution < 1.29 is 0 Å². The molecule has 0 spiro atoms. The van der Waals surface area contributed by atoms with Crippen LogP contribution in [-0.4, -0.2) is 46.1 Å². The zero-order valence-corrected chi connectivity index (χ0v) is 29.0. The van der Waals surface area contributed by atoms with Gasteiger partial charge in [-0.1, -0.05) is 116 Å². The fourth-order valence-electron chi connectivity index (χ4n) is 6.21. The second kappa shape index (κ2) is 20.5. The highest BCUT2D eigenvalue weighted by Crippen LogP contribution is 2.50. The summed E-state index contributed by atoms with van der Waals surface area (Å²) in [4.78, 5) is 3.66. The molecule has 1 aromatic rings. The van der Waals surface area contributed by atoms with E-state index in [-0.39, 0.29) is 0 Å². The van der Waals surface area contributed by atoms with Crippen LogP contribution in [0, 0.1) is 24.7 Å². The van der Waals surface area contributed by atoms with Gasteiger partial charge in [-0.2, -0.15) is 0 Å². The molecule has 2 nitrogen and oxygen atoms in total. The van der Waals surface area contributed by atoms with E-state index in [1.807, 2.05) is 6.20 Å². The molecule has 1 saturated carbocycles. The van der Waals surface area contributed by atoms with Crippen molar-refractivity contribution in [2.75, 3.05) is 13.1 Å². The minimum atomic E-state index is -1.37. The van der Waals surface area contributed by atoms with E-state index in [4.69, 9.17) is 0 Å². The zero-order chi connectivity index (χ0) is 30.8. The lowest BCUT2D eigenvalue weighted by atomic mass is 9.89. The minimum absolute atomic E-state index is 0.690. The Kier molecular flexibility index (Phi) is 18.7. The van der Waals surface area contributed by atoms with E-state index in [0.29, 0.717) is 6.04 Å². The Morgan fingerprint density at radius 3 is 1.93 bits per heavy atom. The Morgan fingerprint density at radius 2 is 1.44 bits per heavy atom. The lowest BCUT2D eigenvalue weighted by molar-refractivity contribution is 0.168. The summed E-state index contributed by atoms with van der Waals surface area (Å²) in [7, 11) is -1.37. The van der Waals surface area contributed by atoms with Gasteiger partial charge in [0.2, 0.25) is 0 Å². The Balaban J connectivity index is 0.000000367. The third-order valence-corrected chi connectivity index (χ3v) is 11.7. The quantitative estimate of drug-likeness (QED) is 0.153. The lowest BCUT2D eigenvalue weighted by Gasteiger charge is -2.47. The highest BCUT2D eigenvalue weighted by atomic mass is 32.2. The number of hydrogen-bond acceptors (Lipinski definition) is 2. The van der Waals surface area contributed by atoms with Crippen LogP contribution in [0.5, 0.6) is 0 Å². The number of nitrogens with zero attached hydrogens (tertiary/aromatic N) is 2. The van der Waals surface area contributed by atoms with Gasteiger partial charge in [0.25, 0.3) is 0 Å². The SMILES string of the molecule is C=C.C=CN1CCC(C)C(C)C1.C=S(=C)(c1ccc(C)cc1)N1C(C2CC2)CCC[C@@H]1CCC.CCCCCCC. The van der Waals surface area contributed by atoms with Gasteiger partial charge in [0.15, 0.2) is 0 Å². The molecule has 4 rings (SSSR count). The van der Waals surface area contributed by atoms with Crippen LogP contribution in [0.2, 0.25) is 0 Å². The van der Waals surface area contributed by atoms with Crippen molar-refractivity contribution in [3.05, 3.63) is 55.8 Å². The molecule has 236 valence electrons. The van der Waals surface area contributed by atoms with Crippen molar-refractivity contribution in [1.82, 2.24) is 9.21 Å². The van der Waals surface area contributed by atoms with Crippen LogP contribution in [0.1, 0.15) is 124 Å². The molecule has 0 aromatic heterocycles. The molecule has 4 atom stereocenters. The fraction of sp³-hybridized carbons (Fsp3) is 0.684. The predicted molar refractivity (Wildman–Crippen MR) is 193 cm³/mol. The molecule has 1 aromatic carbocycles. The van der Waals surface area contributed by atoms with Crippen molar-refractivity contribution in [1.29, 1.82) is 0 Å². The first-order chi connectivity index (χ1) is 19.7. The van der Waals surface area contributed by atoms with Gasteiger partial charge in [0.1, 0.15) is 0 Å². The molecule has 2 aliphatic heterocycles. The van der Waals surface area contributed by atoms with Crippen LogP contribution >= 0.6 is 9.39 Å². The van der Waals surface area contributed by atoms with Gasteiger partial charge in [-0.05, 0) is 81.5 Å². The number of hydrogen-bond donors (Lipinski definition) is 0. The predicted octanol–water partition coefficient (Wildman–Crippen LogP) is 11.3. The van der Waals surface area contributed by atoms with E-state index in [1.165, 1.54) is 107 Å². The maximum absolute atomic E-state index is 4.68. The van der Waals surface area contributed by atoms with Gasteiger partial charge >= 0.3 is 0 Å². The molecule has 0 amide bonds. The van der Waals surface area contributed by atoms with Gasteiger partial charge in [-0.25, -0.2) is 0 Å². The third kappa shape index (κ3) is 12.8. The Morgan fingerprint density at radius 1 is 0.829 bits per heavy atom. The second-order valence-electron chi connectivity index (χ2n) is 12.8. The van der Waals surface area contributed by atoms with Gasteiger partial charge in [0.05, 0.1) is 0 Å². The van der Waals surface area contributed by atoms with Crippen molar-refractivity contribution in [2.45, 2.75) is 142 Å². The number of rotatable bonds is 10. The zero-order valence-electron chi connectivity index (χ0n) is 28.2. The highest BCUT2D eigenvalue weighted by molar-refractivity contribution is 8.25. The summed E-state index contributed by atoms with van der Waals surface area (Å²) in [5.74, 6) is 12.0. The maximum atomic E-state index is 4.68. The number of aryl methyl sites for hydroxylation is 1. The summed E-state index contributed by atoms with van der Waals surface area (Å²) in [6.07, 6.45) is 19.8. The summed E-state index contributed by atoms with van der Waals surface area (Å²) in [6.45, 7) is 25.8. The van der Waals surface area contributed by atoms with E-state index in [9.17, 15) is 0 Å². The number of piperidine rings is 2. The molecule has 0 bridgehead atoms. The van der Waals surface area contributed by atoms with Crippen LogP contribution in [0.25, 0.3) is 0 Å². The molecular weight excluding hydrogens is 516 g/mol. The van der Waals surface area contributed by atoms with E-state index in [0.717, 1.165) is 23.8 Å². The van der Waals surface area contributed by atoms with Crippen molar-refractivity contribution >= 4 is 21.1 Å². The molecule has 3 unspecified atom stereocenters. The van der Waals surface area contributed by atoms with E-state index >= 15 is 0 Å². The molecule has 3 heteroatoms. The first kappa shape index (κ1) is 37.6. The minimum Gasteiger partial charge on any atom is -0.378 e. The Bertz CT molecular complexity index is 908. The summed E-state index contributed by atoms with van der Waals surface area (Å²) >= 11 is 0. The Hall–Kier alpha value is -1.45. The monoisotopic (exact) mass is 585 g/mol. The summed E-state index contributed by atoms with van der Waals surface area (Å²) < 4.78 is 2.79. The first-order valence-corrected chi connectivity index (χ1v) is 18.8. The van der Waals surface area contributed by atoms with Crippen LogP contribution in [-0.2, 0) is 0 Å². The van der Waals surface area contributed by atoms with Gasteiger partial charge in [-0.15, -0.1) is 22.6 Å². The first-order valence-electron chi connectivity index (χ1n) is 16.9. The van der Waals surface area contributed by atoms with Crippen LogP contribution < -0.4 is 0 Å². The molecule has 3 aliphatic rings. The third-order valence-electron chi connectivity index (χ3n) is 9.21. The average Bonchev–Trinajstić information content (AvgIpc) is 3.83. The van der Waals surface area contributed by atoms with Gasteiger partial charge in [0, 0.05) is 30.1 Å². The number of unbranched alkanes of at least 4 members (excludes halogenated alkanes) is 4. The average molecular weight is 585 g/mol. The smallest absolute Gasteiger partial charge is 0.0227 e. The van der Waals surface area contributed by atoms with E-state index in [2.05, 4.69) is 106 Å². The van der Waals surface area contributed by atoms with E-state index in [1.54, 1.807) is 0 Å². The van der Waals surface area contributed by atoms with Gasteiger partial charge < -0.3 is 4.90 Å². The van der Waals surface area contributed by atoms with Crippen molar-refractivity contribution in [3.8, 4) is 0 Å². The molecule has 0 N–H and O–H groups in total. The number of benzene rings is 1. The lowest BCUT2D eigenvalue weighted by Crippen LogP contribution is -2.45. The van der Waals surface area contributed by atoms with E-state index < -0.39 is 9.39 Å². The van der Waals surface area contributed by atoms with Crippen molar-refractivity contribution in [3.63, 3.8) is 0 Å². The Labute approximate surface area is 258 Å². The van der Waals surface area contributed by atoms with Crippen LogP contribution in [0.3, 0.4) is 0 Å².